The highest BCUT2D eigenvalue weighted by molar-refractivity contribution is 6.31. The smallest absolute Gasteiger partial charge is 0.337 e. The van der Waals surface area contributed by atoms with Gasteiger partial charge in [0.15, 0.2) is 11.5 Å². The molecule has 0 radical (unpaired) electrons. The van der Waals surface area contributed by atoms with Gasteiger partial charge >= 0.3 is 5.97 Å². The summed E-state index contributed by atoms with van der Waals surface area (Å²) in [7, 11) is 0. The van der Waals surface area contributed by atoms with Gasteiger partial charge in [-0.15, -0.1) is 0 Å². The highest BCUT2D eigenvalue weighted by Crippen LogP contribution is 2.29. The second-order valence-corrected chi connectivity index (χ2v) is 6.65. The van der Waals surface area contributed by atoms with E-state index in [1.54, 1.807) is 36.5 Å². The molecule has 0 spiro atoms. The lowest BCUT2D eigenvalue weighted by atomic mass is 10.2. The zero-order valence-corrected chi connectivity index (χ0v) is 17.1. The van der Waals surface area contributed by atoms with E-state index in [0.717, 1.165) is 11.1 Å². The second-order valence-electron chi connectivity index (χ2n) is 6.24. The van der Waals surface area contributed by atoms with E-state index in [-0.39, 0.29) is 5.56 Å². The zero-order chi connectivity index (χ0) is 21.3. The number of ether oxygens (including phenoxy) is 2. The molecular weight excluding hydrogens is 404 g/mol. The standard InChI is InChI=1S/C23H21ClN2O4/c1-2-29-22-13-16(14-25-26-20-10-6-4-8-18(20)23(27)28)11-12-21(22)30-15-17-7-3-5-9-19(17)24/h3-14,26H,2,15H2,1H3,(H,27,28)/b25-14+. The number of rotatable bonds is 9. The summed E-state index contributed by atoms with van der Waals surface area (Å²) in [5.41, 5.74) is 4.97. The molecule has 0 amide bonds. The Morgan fingerprint density at radius 3 is 2.60 bits per heavy atom. The third-order valence-electron chi connectivity index (χ3n) is 4.16. The summed E-state index contributed by atoms with van der Waals surface area (Å²) in [5.74, 6) is 0.157. The minimum atomic E-state index is -1.02. The van der Waals surface area contributed by atoms with Crippen molar-refractivity contribution in [3.63, 3.8) is 0 Å². The molecule has 30 heavy (non-hydrogen) atoms. The van der Waals surface area contributed by atoms with Gasteiger partial charge in [0.2, 0.25) is 0 Å². The summed E-state index contributed by atoms with van der Waals surface area (Å²) < 4.78 is 11.6. The SMILES string of the molecule is CCOc1cc(/C=N/Nc2ccccc2C(=O)O)ccc1OCc1ccccc1Cl. The van der Waals surface area contributed by atoms with E-state index in [2.05, 4.69) is 10.5 Å². The molecule has 0 atom stereocenters. The van der Waals surface area contributed by atoms with Crippen LogP contribution in [0.2, 0.25) is 5.02 Å². The van der Waals surface area contributed by atoms with Crippen LogP contribution in [0.1, 0.15) is 28.4 Å². The minimum absolute atomic E-state index is 0.146. The third kappa shape index (κ3) is 5.52. The molecule has 0 aliphatic heterocycles. The van der Waals surface area contributed by atoms with E-state index in [0.29, 0.717) is 35.4 Å². The van der Waals surface area contributed by atoms with Crippen molar-refractivity contribution in [2.24, 2.45) is 5.10 Å². The van der Waals surface area contributed by atoms with Crippen molar-refractivity contribution >= 4 is 29.5 Å². The Labute approximate surface area is 179 Å². The van der Waals surface area contributed by atoms with E-state index in [4.69, 9.17) is 21.1 Å². The molecule has 6 nitrogen and oxygen atoms in total. The molecule has 3 aromatic rings. The van der Waals surface area contributed by atoms with Crippen molar-refractivity contribution in [2.45, 2.75) is 13.5 Å². The van der Waals surface area contributed by atoms with Crippen LogP contribution in [-0.4, -0.2) is 23.9 Å². The van der Waals surface area contributed by atoms with Gasteiger partial charge in [0.25, 0.3) is 0 Å². The first-order chi connectivity index (χ1) is 14.6. The van der Waals surface area contributed by atoms with Gasteiger partial charge in [-0.3, -0.25) is 5.43 Å². The van der Waals surface area contributed by atoms with Crippen LogP contribution >= 0.6 is 11.6 Å². The molecule has 154 valence electrons. The van der Waals surface area contributed by atoms with E-state index in [1.807, 2.05) is 37.3 Å². The number of carboxylic acid groups (broad SMARTS) is 1. The highest BCUT2D eigenvalue weighted by Gasteiger charge is 2.09. The topological polar surface area (TPSA) is 80.2 Å². The molecule has 0 saturated carbocycles. The van der Waals surface area contributed by atoms with Crippen molar-refractivity contribution in [1.29, 1.82) is 0 Å². The molecule has 2 N–H and O–H groups in total. The number of benzene rings is 3. The van der Waals surface area contributed by atoms with Gasteiger partial charge in [-0.1, -0.05) is 41.9 Å². The average molecular weight is 425 g/mol. The maximum absolute atomic E-state index is 11.3. The normalized spacial score (nSPS) is 10.7. The molecular formula is C23H21ClN2O4. The van der Waals surface area contributed by atoms with Gasteiger partial charge in [-0.05, 0) is 48.9 Å². The molecule has 0 aromatic heterocycles. The van der Waals surface area contributed by atoms with Crippen molar-refractivity contribution in [3.8, 4) is 11.5 Å². The fraction of sp³-hybridized carbons (Fsp3) is 0.130. The average Bonchev–Trinajstić information content (AvgIpc) is 2.74. The number of carboxylic acids is 1. The lowest BCUT2D eigenvalue weighted by Gasteiger charge is -2.13. The van der Waals surface area contributed by atoms with E-state index < -0.39 is 5.97 Å². The number of hydrogen-bond donors (Lipinski definition) is 2. The van der Waals surface area contributed by atoms with Crippen molar-refractivity contribution in [3.05, 3.63) is 88.4 Å². The third-order valence-corrected chi connectivity index (χ3v) is 4.53. The van der Waals surface area contributed by atoms with Crippen LogP contribution in [-0.2, 0) is 6.61 Å². The first-order valence-electron chi connectivity index (χ1n) is 9.33. The lowest BCUT2D eigenvalue weighted by Crippen LogP contribution is -2.02. The van der Waals surface area contributed by atoms with Crippen molar-refractivity contribution < 1.29 is 19.4 Å². The van der Waals surface area contributed by atoms with Crippen LogP contribution in [0.15, 0.2) is 71.8 Å². The Morgan fingerprint density at radius 2 is 1.83 bits per heavy atom. The number of hydrazone groups is 1. The number of nitrogens with zero attached hydrogens (tertiary/aromatic N) is 1. The Kier molecular flexibility index (Phi) is 7.29. The summed E-state index contributed by atoms with van der Waals surface area (Å²) >= 11 is 6.18. The molecule has 7 heteroatoms. The quantitative estimate of drug-likeness (QED) is 0.352. The number of halogens is 1. The van der Waals surface area contributed by atoms with Crippen LogP contribution in [0.4, 0.5) is 5.69 Å². The number of carbonyl (C=O) groups is 1. The number of aromatic carboxylic acids is 1. The molecule has 0 bridgehead atoms. The molecule has 0 aliphatic rings. The summed E-state index contributed by atoms with van der Waals surface area (Å²) in [5, 5.41) is 14.0. The fourth-order valence-electron chi connectivity index (χ4n) is 2.71. The van der Waals surface area contributed by atoms with Gasteiger partial charge in [0, 0.05) is 10.6 Å². The van der Waals surface area contributed by atoms with Gasteiger partial charge in [0.1, 0.15) is 6.61 Å². The van der Waals surface area contributed by atoms with Crippen LogP contribution in [0, 0.1) is 0 Å². The largest absolute Gasteiger partial charge is 0.490 e. The first kappa shape index (κ1) is 21.2. The summed E-state index contributed by atoms with van der Waals surface area (Å²) in [4.78, 5) is 11.3. The molecule has 0 saturated heterocycles. The van der Waals surface area contributed by atoms with Crippen molar-refractivity contribution in [2.75, 3.05) is 12.0 Å². The predicted octanol–water partition coefficient (Wildman–Crippen LogP) is 5.46. The van der Waals surface area contributed by atoms with Crippen LogP contribution in [0.25, 0.3) is 0 Å². The number of hydrogen-bond acceptors (Lipinski definition) is 5. The molecule has 3 aromatic carbocycles. The molecule has 0 aliphatic carbocycles. The predicted molar refractivity (Wildman–Crippen MR) is 118 cm³/mol. The van der Waals surface area contributed by atoms with Gasteiger partial charge in [-0.25, -0.2) is 4.79 Å². The van der Waals surface area contributed by atoms with Gasteiger partial charge in [-0.2, -0.15) is 5.10 Å². The van der Waals surface area contributed by atoms with E-state index >= 15 is 0 Å². The zero-order valence-electron chi connectivity index (χ0n) is 16.3. The Bertz CT molecular complexity index is 1050. The Balaban J connectivity index is 1.72. The minimum Gasteiger partial charge on any atom is -0.490 e. The Hall–Kier alpha value is -3.51. The molecule has 3 rings (SSSR count). The van der Waals surface area contributed by atoms with Gasteiger partial charge < -0.3 is 14.6 Å². The number of para-hydroxylation sites is 1. The first-order valence-corrected chi connectivity index (χ1v) is 9.70. The van der Waals surface area contributed by atoms with Crippen LogP contribution < -0.4 is 14.9 Å². The maximum atomic E-state index is 11.3. The van der Waals surface area contributed by atoms with Crippen LogP contribution in [0.5, 0.6) is 11.5 Å². The van der Waals surface area contributed by atoms with Crippen molar-refractivity contribution in [1.82, 2.24) is 0 Å². The summed E-state index contributed by atoms with van der Waals surface area (Å²) in [6.45, 7) is 2.69. The lowest BCUT2D eigenvalue weighted by molar-refractivity contribution is 0.0698. The number of anilines is 1. The fourth-order valence-corrected chi connectivity index (χ4v) is 2.90. The summed E-state index contributed by atoms with van der Waals surface area (Å²) in [6.07, 6.45) is 1.58. The van der Waals surface area contributed by atoms with Gasteiger partial charge in [0.05, 0.1) is 24.1 Å². The van der Waals surface area contributed by atoms with E-state index in [1.165, 1.54) is 6.07 Å². The molecule has 0 fully saturated rings. The molecule has 0 heterocycles. The number of nitrogens with one attached hydrogen (secondary N) is 1. The van der Waals surface area contributed by atoms with Crippen LogP contribution in [0.3, 0.4) is 0 Å². The highest BCUT2D eigenvalue weighted by atomic mass is 35.5. The maximum Gasteiger partial charge on any atom is 0.337 e. The van der Waals surface area contributed by atoms with E-state index in [9.17, 15) is 9.90 Å². The molecule has 0 unspecified atom stereocenters. The second kappa shape index (κ2) is 10.3. The summed E-state index contributed by atoms with van der Waals surface area (Å²) in [6, 6.07) is 19.5. The monoisotopic (exact) mass is 424 g/mol. The Morgan fingerprint density at radius 1 is 1.07 bits per heavy atom.